The van der Waals surface area contributed by atoms with Crippen LogP contribution in [0.4, 0.5) is 0 Å². The van der Waals surface area contributed by atoms with Crippen LogP contribution in [0.1, 0.15) is 51.9 Å². The van der Waals surface area contributed by atoms with Gasteiger partial charge >= 0.3 is 0 Å². The molecule has 3 unspecified atom stereocenters. The molecule has 2 saturated heterocycles. The summed E-state index contributed by atoms with van der Waals surface area (Å²) >= 11 is 1.39. The van der Waals surface area contributed by atoms with E-state index in [9.17, 15) is 9.59 Å². The second-order valence-corrected chi connectivity index (χ2v) is 9.03. The Hall–Kier alpha value is -1.17. The summed E-state index contributed by atoms with van der Waals surface area (Å²) in [6.45, 7) is 2.82. The number of rotatable bonds is 3. The first kappa shape index (κ1) is 17.3. The Morgan fingerprint density at radius 2 is 1.80 bits per heavy atom. The fourth-order valence-electron chi connectivity index (χ4n) is 5.53. The largest absolute Gasteiger partial charge is 0.339 e. The number of carbonyl (C=O) groups is 2. The molecule has 2 saturated carbocycles. The van der Waals surface area contributed by atoms with Gasteiger partial charge in [-0.3, -0.25) is 9.59 Å². The molecule has 3 aliphatic heterocycles. The highest BCUT2D eigenvalue weighted by molar-refractivity contribution is 8.13. The maximum Gasteiger partial charge on any atom is 0.256 e. The first-order valence-electron chi connectivity index (χ1n) is 9.54. The second kappa shape index (κ2) is 6.86. The van der Waals surface area contributed by atoms with Crippen molar-refractivity contribution in [1.82, 2.24) is 4.90 Å². The van der Waals surface area contributed by atoms with Crippen LogP contribution in [0.15, 0.2) is 9.98 Å². The first-order chi connectivity index (χ1) is 12.0. The molecular weight excluding hydrogens is 334 g/mol. The molecule has 136 valence electrons. The first-order valence-corrected chi connectivity index (χ1v) is 10.8. The van der Waals surface area contributed by atoms with Gasteiger partial charge in [0.05, 0.1) is 5.92 Å². The molecule has 3 atom stereocenters. The minimum atomic E-state index is -0.320. The van der Waals surface area contributed by atoms with Gasteiger partial charge in [0.1, 0.15) is 0 Å². The molecule has 5 aliphatic rings. The van der Waals surface area contributed by atoms with Crippen molar-refractivity contribution in [2.75, 3.05) is 12.8 Å². The van der Waals surface area contributed by atoms with Crippen molar-refractivity contribution in [1.29, 1.82) is 0 Å². The fourth-order valence-corrected chi connectivity index (χ4v) is 5.95. The third-order valence-corrected chi connectivity index (χ3v) is 7.08. The van der Waals surface area contributed by atoms with Gasteiger partial charge in [-0.1, -0.05) is 11.8 Å². The molecule has 0 N–H and O–H groups in total. The lowest BCUT2D eigenvalue weighted by Gasteiger charge is -2.39. The van der Waals surface area contributed by atoms with Crippen LogP contribution in [0.2, 0.25) is 0 Å². The molecule has 4 fully saturated rings. The number of hydrogen-bond donors (Lipinski definition) is 0. The van der Waals surface area contributed by atoms with E-state index < -0.39 is 0 Å². The summed E-state index contributed by atoms with van der Waals surface area (Å²) in [6.07, 6.45) is 9.26. The van der Waals surface area contributed by atoms with Crippen molar-refractivity contribution >= 4 is 34.5 Å². The number of carbonyl (C=O) groups excluding carboxylic acids is 2. The Morgan fingerprint density at radius 1 is 1.12 bits per heavy atom. The maximum absolute atomic E-state index is 12.9. The molecule has 2 amide bonds. The SMILES string of the molecule is CSC1=NC(=O)C(CCC(=O)N2CC3CC4CC(C3)CC2C4)C(C)=N1. The van der Waals surface area contributed by atoms with E-state index >= 15 is 0 Å². The predicted octanol–water partition coefficient (Wildman–Crippen LogP) is 3.14. The summed E-state index contributed by atoms with van der Waals surface area (Å²) in [5.74, 6) is 2.16. The van der Waals surface area contributed by atoms with Gasteiger partial charge < -0.3 is 4.90 Å². The lowest BCUT2D eigenvalue weighted by Crippen LogP contribution is -2.42. The van der Waals surface area contributed by atoms with Crippen molar-refractivity contribution in [3.63, 3.8) is 0 Å². The van der Waals surface area contributed by atoms with Crippen LogP contribution in [-0.4, -0.2) is 46.4 Å². The molecule has 3 heterocycles. The van der Waals surface area contributed by atoms with E-state index in [0.717, 1.165) is 24.1 Å². The predicted molar refractivity (Wildman–Crippen MR) is 101 cm³/mol. The number of fused-ring (bicyclic) bond motifs is 1. The van der Waals surface area contributed by atoms with Crippen molar-refractivity contribution in [3.8, 4) is 0 Å². The Labute approximate surface area is 153 Å². The highest BCUT2D eigenvalue weighted by Gasteiger charge is 2.44. The highest BCUT2D eigenvalue weighted by Crippen LogP contribution is 2.47. The summed E-state index contributed by atoms with van der Waals surface area (Å²) in [4.78, 5) is 35.8. The summed E-state index contributed by atoms with van der Waals surface area (Å²) in [6, 6.07) is 0.446. The molecule has 4 bridgehead atoms. The van der Waals surface area contributed by atoms with Crippen molar-refractivity contribution < 1.29 is 9.59 Å². The van der Waals surface area contributed by atoms with Crippen LogP contribution in [0, 0.1) is 23.7 Å². The average Bonchev–Trinajstić information content (AvgIpc) is 2.77. The molecule has 25 heavy (non-hydrogen) atoms. The Balaban J connectivity index is 1.39. The van der Waals surface area contributed by atoms with Gasteiger partial charge in [0, 0.05) is 24.7 Å². The normalized spacial score (nSPS) is 37.0. The van der Waals surface area contributed by atoms with Crippen molar-refractivity contribution in [2.45, 2.75) is 57.9 Å². The summed E-state index contributed by atoms with van der Waals surface area (Å²) in [7, 11) is 0. The van der Waals surface area contributed by atoms with Gasteiger partial charge in [-0.25, -0.2) is 4.99 Å². The molecule has 0 spiro atoms. The van der Waals surface area contributed by atoms with E-state index in [1.807, 2.05) is 13.2 Å². The number of hydrogen-bond acceptors (Lipinski definition) is 4. The zero-order valence-corrected chi connectivity index (χ0v) is 15.9. The monoisotopic (exact) mass is 361 g/mol. The minimum Gasteiger partial charge on any atom is -0.339 e. The molecule has 0 aromatic rings. The second-order valence-electron chi connectivity index (χ2n) is 8.26. The van der Waals surface area contributed by atoms with Crippen LogP contribution in [-0.2, 0) is 9.59 Å². The molecule has 5 rings (SSSR count). The summed E-state index contributed by atoms with van der Waals surface area (Å²) in [5.41, 5.74) is 0.799. The molecule has 6 heteroatoms. The van der Waals surface area contributed by atoms with Gasteiger partial charge in [0.2, 0.25) is 5.91 Å². The lowest BCUT2D eigenvalue weighted by molar-refractivity contribution is -0.134. The number of amides is 2. The topological polar surface area (TPSA) is 62.1 Å². The van der Waals surface area contributed by atoms with E-state index in [2.05, 4.69) is 14.9 Å². The molecule has 0 aromatic heterocycles. The Kier molecular flexibility index (Phi) is 4.73. The Bertz CT molecular complexity index is 631. The van der Waals surface area contributed by atoms with Crippen LogP contribution in [0.3, 0.4) is 0 Å². The van der Waals surface area contributed by atoms with Gasteiger partial charge in [0.15, 0.2) is 5.17 Å². The van der Waals surface area contributed by atoms with E-state index in [4.69, 9.17) is 0 Å². The zero-order chi connectivity index (χ0) is 17.6. The van der Waals surface area contributed by atoms with Crippen molar-refractivity contribution in [3.05, 3.63) is 0 Å². The number of thioether (sulfide) groups is 1. The third-order valence-electron chi connectivity index (χ3n) is 6.54. The van der Waals surface area contributed by atoms with Gasteiger partial charge in [0.25, 0.3) is 5.91 Å². The quantitative estimate of drug-likeness (QED) is 0.776. The van der Waals surface area contributed by atoms with Crippen LogP contribution in [0.25, 0.3) is 0 Å². The molecule has 0 radical (unpaired) electrons. The van der Waals surface area contributed by atoms with E-state index in [1.165, 1.54) is 43.9 Å². The lowest BCUT2D eigenvalue weighted by atomic mass is 9.68. The van der Waals surface area contributed by atoms with Gasteiger partial charge in [-0.2, -0.15) is 4.99 Å². The third kappa shape index (κ3) is 3.42. The molecule has 5 nitrogen and oxygen atoms in total. The maximum atomic E-state index is 12.9. The molecular formula is C19H27N3O2S. The van der Waals surface area contributed by atoms with Crippen LogP contribution < -0.4 is 0 Å². The highest BCUT2D eigenvalue weighted by atomic mass is 32.2. The fraction of sp³-hybridized carbons (Fsp3) is 0.789. The standard InChI is InChI=1S/C19H27N3O2S/c1-11-16(18(24)21-19(20-11)25-2)3-4-17(23)22-10-14-6-12-5-13(7-14)9-15(22)8-12/h12-16H,3-10H2,1-2H3. The number of amidine groups is 1. The Morgan fingerprint density at radius 3 is 2.44 bits per heavy atom. The van der Waals surface area contributed by atoms with Gasteiger partial charge in [-0.15, -0.1) is 0 Å². The average molecular weight is 362 g/mol. The number of nitrogens with zero attached hydrogens (tertiary/aromatic N) is 3. The zero-order valence-electron chi connectivity index (χ0n) is 15.1. The minimum absolute atomic E-state index is 0.138. The van der Waals surface area contributed by atoms with E-state index in [0.29, 0.717) is 30.0 Å². The number of aliphatic imine (C=N–C) groups is 2. The van der Waals surface area contributed by atoms with Crippen LogP contribution in [0.5, 0.6) is 0 Å². The van der Waals surface area contributed by atoms with Crippen molar-refractivity contribution in [2.24, 2.45) is 33.7 Å². The summed E-state index contributed by atoms with van der Waals surface area (Å²) < 4.78 is 0. The van der Waals surface area contributed by atoms with E-state index in [-0.39, 0.29) is 17.7 Å². The van der Waals surface area contributed by atoms with Gasteiger partial charge in [-0.05, 0) is 69.5 Å². The smallest absolute Gasteiger partial charge is 0.256 e. The van der Waals surface area contributed by atoms with Crippen LogP contribution >= 0.6 is 11.8 Å². The summed E-state index contributed by atoms with van der Waals surface area (Å²) in [5, 5.41) is 0.533. The molecule has 2 aliphatic carbocycles. The van der Waals surface area contributed by atoms with E-state index in [1.54, 1.807) is 0 Å². The molecule has 0 aromatic carbocycles.